The summed E-state index contributed by atoms with van der Waals surface area (Å²) in [6, 6.07) is 4.84. The van der Waals surface area contributed by atoms with Gasteiger partial charge in [0.15, 0.2) is 6.61 Å². The number of nitrogens with two attached hydrogens (primary N) is 1. The standard InChI is InChI=1S/C8H8BrN3O3/c9-6-3-1-2-5(11-6)8(14)12-15-4-7(10)13/h1-3H,4H2,(H2,10,13)(H,12,14). The second-order valence-corrected chi connectivity index (χ2v) is 3.34. The minimum Gasteiger partial charge on any atom is -0.368 e. The highest BCUT2D eigenvalue weighted by Gasteiger charge is 2.07. The van der Waals surface area contributed by atoms with Crippen LogP contribution in [0, 0.1) is 0 Å². The molecule has 0 spiro atoms. The number of carbonyl (C=O) groups is 2. The lowest BCUT2D eigenvalue weighted by atomic mass is 10.3. The van der Waals surface area contributed by atoms with E-state index >= 15 is 0 Å². The van der Waals surface area contributed by atoms with Gasteiger partial charge in [0.05, 0.1) is 0 Å². The van der Waals surface area contributed by atoms with Crippen LogP contribution in [0.4, 0.5) is 0 Å². The zero-order valence-electron chi connectivity index (χ0n) is 7.57. The fourth-order valence-corrected chi connectivity index (χ4v) is 1.10. The summed E-state index contributed by atoms with van der Waals surface area (Å²) in [4.78, 5) is 30.0. The van der Waals surface area contributed by atoms with Crippen molar-refractivity contribution >= 4 is 27.7 Å². The van der Waals surface area contributed by atoms with Crippen molar-refractivity contribution in [2.45, 2.75) is 0 Å². The molecule has 0 aromatic carbocycles. The van der Waals surface area contributed by atoms with Crippen LogP contribution in [-0.2, 0) is 9.63 Å². The number of aromatic nitrogens is 1. The van der Waals surface area contributed by atoms with E-state index in [2.05, 4.69) is 25.8 Å². The molecule has 0 fully saturated rings. The van der Waals surface area contributed by atoms with Gasteiger partial charge in [0.25, 0.3) is 5.91 Å². The molecule has 1 rings (SSSR count). The molecule has 1 aromatic rings. The van der Waals surface area contributed by atoms with E-state index in [1.54, 1.807) is 12.1 Å². The van der Waals surface area contributed by atoms with Crippen molar-refractivity contribution in [3.8, 4) is 0 Å². The van der Waals surface area contributed by atoms with Crippen LogP contribution < -0.4 is 11.2 Å². The number of hydrogen-bond acceptors (Lipinski definition) is 4. The monoisotopic (exact) mass is 273 g/mol. The van der Waals surface area contributed by atoms with E-state index in [0.29, 0.717) is 4.60 Å². The average molecular weight is 274 g/mol. The smallest absolute Gasteiger partial charge is 0.293 e. The highest BCUT2D eigenvalue weighted by atomic mass is 79.9. The Morgan fingerprint density at radius 1 is 1.53 bits per heavy atom. The zero-order chi connectivity index (χ0) is 11.3. The van der Waals surface area contributed by atoms with Crippen LogP contribution in [0.5, 0.6) is 0 Å². The van der Waals surface area contributed by atoms with E-state index in [1.165, 1.54) is 6.07 Å². The van der Waals surface area contributed by atoms with Gasteiger partial charge in [0.1, 0.15) is 10.3 Å². The molecule has 1 heterocycles. The summed E-state index contributed by atoms with van der Waals surface area (Å²) in [6.07, 6.45) is 0. The first kappa shape index (κ1) is 11.6. The van der Waals surface area contributed by atoms with Crippen molar-refractivity contribution in [1.82, 2.24) is 10.5 Å². The Balaban J connectivity index is 2.50. The van der Waals surface area contributed by atoms with Gasteiger partial charge in [0.2, 0.25) is 5.91 Å². The molecule has 0 bridgehead atoms. The summed E-state index contributed by atoms with van der Waals surface area (Å²) >= 11 is 3.12. The Bertz CT molecular complexity index is 383. The summed E-state index contributed by atoms with van der Waals surface area (Å²) in [5.41, 5.74) is 7.01. The Morgan fingerprint density at radius 3 is 2.87 bits per heavy atom. The molecule has 80 valence electrons. The molecular weight excluding hydrogens is 266 g/mol. The molecule has 2 amide bonds. The quantitative estimate of drug-likeness (QED) is 0.596. The van der Waals surface area contributed by atoms with Crippen LogP contribution in [0.25, 0.3) is 0 Å². The average Bonchev–Trinajstić information content (AvgIpc) is 2.17. The van der Waals surface area contributed by atoms with Gasteiger partial charge >= 0.3 is 0 Å². The molecule has 6 nitrogen and oxygen atoms in total. The van der Waals surface area contributed by atoms with E-state index < -0.39 is 11.8 Å². The van der Waals surface area contributed by atoms with Crippen LogP contribution in [0.1, 0.15) is 10.5 Å². The third-order valence-electron chi connectivity index (χ3n) is 1.33. The van der Waals surface area contributed by atoms with Gasteiger partial charge in [-0.2, -0.15) is 0 Å². The molecule has 0 radical (unpaired) electrons. The van der Waals surface area contributed by atoms with Crippen LogP contribution in [0.15, 0.2) is 22.8 Å². The Labute approximate surface area is 93.9 Å². The Kier molecular flexibility index (Phi) is 4.19. The van der Waals surface area contributed by atoms with E-state index in [4.69, 9.17) is 5.73 Å². The lowest BCUT2D eigenvalue weighted by molar-refractivity contribution is -0.124. The third-order valence-corrected chi connectivity index (χ3v) is 1.77. The maximum atomic E-state index is 11.3. The van der Waals surface area contributed by atoms with Gasteiger partial charge in [-0.25, -0.2) is 10.5 Å². The first-order valence-electron chi connectivity index (χ1n) is 3.92. The maximum absolute atomic E-state index is 11.3. The number of amides is 2. The topological polar surface area (TPSA) is 94.3 Å². The van der Waals surface area contributed by atoms with Crippen molar-refractivity contribution in [1.29, 1.82) is 0 Å². The number of nitrogens with one attached hydrogen (secondary N) is 1. The number of hydrogen-bond donors (Lipinski definition) is 2. The first-order valence-corrected chi connectivity index (χ1v) is 4.72. The molecule has 0 aliphatic heterocycles. The largest absolute Gasteiger partial charge is 0.368 e. The van der Waals surface area contributed by atoms with Crippen molar-refractivity contribution in [3.05, 3.63) is 28.5 Å². The summed E-state index contributed by atoms with van der Waals surface area (Å²) < 4.78 is 0.532. The number of carbonyl (C=O) groups excluding carboxylic acids is 2. The molecule has 0 saturated carbocycles. The molecule has 0 unspecified atom stereocenters. The highest BCUT2D eigenvalue weighted by molar-refractivity contribution is 9.10. The van der Waals surface area contributed by atoms with Gasteiger partial charge in [0, 0.05) is 0 Å². The number of halogens is 1. The van der Waals surface area contributed by atoms with Gasteiger partial charge < -0.3 is 5.73 Å². The van der Waals surface area contributed by atoms with Crippen LogP contribution in [-0.4, -0.2) is 23.4 Å². The Hall–Kier alpha value is -1.47. The third kappa shape index (κ3) is 4.05. The first-order chi connectivity index (χ1) is 7.09. The number of hydroxylamine groups is 1. The fraction of sp³-hybridized carbons (Fsp3) is 0.125. The highest BCUT2D eigenvalue weighted by Crippen LogP contribution is 2.05. The Morgan fingerprint density at radius 2 is 2.27 bits per heavy atom. The van der Waals surface area contributed by atoms with Gasteiger partial charge in [-0.15, -0.1) is 0 Å². The molecule has 0 aliphatic rings. The molecule has 7 heteroatoms. The van der Waals surface area contributed by atoms with Gasteiger partial charge in [-0.3, -0.25) is 14.4 Å². The van der Waals surface area contributed by atoms with Crippen molar-refractivity contribution in [2.24, 2.45) is 5.73 Å². The maximum Gasteiger partial charge on any atom is 0.293 e. The molecule has 0 saturated heterocycles. The lowest BCUT2D eigenvalue weighted by Gasteiger charge is -2.03. The minimum atomic E-state index is -0.669. The zero-order valence-corrected chi connectivity index (χ0v) is 9.15. The number of rotatable bonds is 4. The summed E-state index contributed by atoms with van der Waals surface area (Å²) in [5, 5.41) is 0. The summed E-state index contributed by atoms with van der Waals surface area (Å²) in [7, 11) is 0. The second kappa shape index (κ2) is 5.42. The molecule has 15 heavy (non-hydrogen) atoms. The predicted molar refractivity (Wildman–Crippen MR) is 54.5 cm³/mol. The molecule has 0 aliphatic carbocycles. The van der Waals surface area contributed by atoms with Crippen LogP contribution in [0.2, 0.25) is 0 Å². The normalized spacial score (nSPS) is 9.67. The van der Waals surface area contributed by atoms with Crippen molar-refractivity contribution in [3.63, 3.8) is 0 Å². The van der Waals surface area contributed by atoms with Crippen LogP contribution in [0.3, 0.4) is 0 Å². The number of primary amides is 1. The van der Waals surface area contributed by atoms with E-state index in [1.807, 2.05) is 5.48 Å². The van der Waals surface area contributed by atoms with Gasteiger partial charge in [-0.05, 0) is 28.1 Å². The van der Waals surface area contributed by atoms with Crippen LogP contribution >= 0.6 is 15.9 Å². The molecular formula is C8H8BrN3O3. The molecule has 3 N–H and O–H groups in total. The number of nitrogens with zero attached hydrogens (tertiary/aromatic N) is 1. The summed E-state index contributed by atoms with van der Waals surface area (Å²) in [5.74, 6) is -1.21. The summed E-state index contributed by atoms with van der Waals surface area (Å²) in [6.45, 7) is -0.375. The minimum absolute atomic E-state index is 0.175. The van der Waals surface area contributed by atoms with Crippen molar-refractivity contribution < 1.29 is 14.4 Å². The SMILES string of the molecule is NC(=O)CONC(=O)c1cccc(Br)n1. The second-order valence-electron chi connectivity index (χ2n) is 2.53. The molecule has 0 atom stereocenters. The van der Waals surface area contributed by atoms with E-state index in [-0.39, 0.29) is 12.3 Å². The molecule has 1 aromatic heterocycles. The predicted octanol–water partition coefficient (Wildman–Crippen LogP) is -0.00920. The number of pyridine rings is 1. The van der Waals surface area contributed by atoms with Gasteiger partial charge in [-0.1, -0.05) is 6.07 Å². The van der Waals surface area contributed by atoms with E-state index in [0.717, 1.165) is 0 Å². The van der Waals surface area contributed by atoms with Crippen molar-refractivity contribution in [2.75, 3.05) is 6.61 Å². The fourth-order valence-electron chi connectivity index (χ4n) is 0.760. The van der Waals surface area contributed by atoms with E-state index in [9.17, 15) is 9.59 Å². The lowest BCUT2D eigenvalue weighted by Crippen LogP contribution is -2.29.